The lowest BCUT2D eigenvalue weighted by Crippen LogP contribution is -2.22. The Kier molecular flexibility index (Phi) is 2.82. The third kappa shape index (κ3) is 1.97. The minimum Gasteiger partial charge on any atom is -0.399 e. The van der Waals surface area contributed by atoms with Crippen LogP contribution in [0.4, 0.5) is 14.5 Å². The van der Waals surface area contributed by atoms with Gasteiger partial charge < -0.3 is 5.73 Å². The van der Waals surface area contributed by atoms with Crippen molar-refractivity contribution in [2.45, 2.75) is 18.3 Å². The highest BCUT2D eigenvalue weighted by atomic mass is 19.1. The Labute approximate surface area is 115 Å². The summed E-state index contributed by atoms with van der Waals surface area (Å²) in [7, 11) is 0. The van der Waals surface area contributed by atoms with Crippen LogP contribution >= 0.6 is 0 Å². The van der Waals surface area contributed by atoms with E-state index in [0.717, 1.165) is 23.8 Å². The quantitative estimate of drug-likeness (QED) is 0.687. The molecular weight excluding hydrogens is 260 g/mol. The zero-order valence-electron chi connectivity index (χ0n) is 10.7. The molecule has 1 aliphatic rings. The SMILES string of the molecule is Nc1ccc(C2(C(=O)c3cc(F)ccc3F)CC2)cc1. The normalized spacial score (nSPS) is 15.9. The second kappa shape index (κ2) is 4.40. The summed E-state index contributed by atoms with van der Waals surface area (Å²) < 4.78 is 27.0. The van der Waals surface area contributed by atoms with E-state index in [1.807, 2.05) is 0 Å². The Balaban J connectivity index is 2.01. The third-order valence-corrected chi connectivity index (χ3v) is 3.82. The van der Waals surface area contributed by atoms with Gasteiger partial charge in [-0.15, -0.1) is 0 Å². The minimum atomic E-state index is -0.720. The molecule has 0 atom stereocenters. The minimum absolute atomic E-state index is 0.181. The molecule has 4 heteroatoms. The lowest BCUT2D eigenvalue weighted by Gasteiger charge is -2.15. The Morgan fingerprint density at radius 1 is 1.05 bits per heavy atom. The number of carbonyl (C=O) groups excluding carboxylic acids is 1. The smallest absolute Gasteiger partial charge is 0.176 e. The van der Waals surface area contributed by atoms with Gasteiger partial charge in [0.2, 0.25) is 0 Å². The van der Waals surface area contributed by atoms with Crippen LogP contribution in [0.3, 0.4) is 0 Å². The summed E-state index contributed by atoms with van der Waals surface area (Å²) in [6, 6.07) is 9.94. The number of nitrogen functional groups attached to an aromatic ring is 1. The van der Waals surface area contributed by atoms with Crippen molar-refractivity contribution in [1.29, 1.82) is 0 Å². The van der Waals surface area contributed by atoms with Crippen LogP contribution in [-0.2, 0) is 5.41 Å². The number of rotatable bonds is 3. The molecule has 0 unspecified atom stereocenters. The van der Waals surface area contributed by atoms with Gasteiger partial charge in [-0.25, -0.2) is 8.78 Å². The van der Waals surface area contributed by atoms with Crippen LogP contribution in [0.25, 0.3) is 0 Å². The fraction of sp³-hybridized carbons (Fsp3) is 0.188. The molecule has 2 aromatic carbocycles. The number of halogens is 2. The molecule has 102 valence electrons. The predicted molar refractivity (Wildman–Crippen MR) is 72.5 cm³/mol. The van der Waals surface area contributed by atoms with E-state index in [0.29, 0.717) is 18.5 Å². The third-order valence-electron chi connectivity index (χ3n) is 3.82. The van der Waals surface area contributed by atoms with Crippen molar-refractivity contribution in [2.24, 2.45) is 0 Å². The lowest BCUT2D eigenvalue weighted by atomic mass is 9.87. The van der Waals surface area contributed by atoms with Gasteiger partial charge in [0, 0.05) is 5.69 Å². The van der Waals surface area contributed by atoms with Gasteiger partial charge >= 0.3 is 0 Å². The van der Waals surface area contributed by atoms with E-state index < -0.39 is 17.0 Å². The molecule has 0 saturated heterocycles. The number of Topliss-reactive ketones (excluding diaryl/α,β-unsaturated/α-hetero) is 1. The molecule has 0 spiro atoms. The van der Waals surface area contributed by atoms with Crippen molar-refractivity contribution in [1.82, 2.24) is 0 Å². The van der Waals surface area contributed by atoms with Crippen LogP contribution in [-0.4, -0.2) is 5.78 Å². The van der Waals surface area contributed by atoms with Crippen LogP contribution < -0.4 is 5.73 Å². The van der Waals surface area contributed by atoms with E-state index in [-0.39, 0.29) is 11.3 Å². The first-order chi connectivity index (χ1) is 9.53. The first-order valence-electron chi connectivity index (χ1n) is 6.39. The van der Waals surface area contributed by atoms with Gasteiger partial charge in [-0.3, -0.25) is 4.79 Å². The summed E-state index contributed by atoms with van der Waals surface area (Å²) in [6.45, 7) is 0. The Morgan fingerprint density at radius 3 is 2.30 bits per heavy atom. The number of hydrogen-bond donors (Lipinski definition) is 1. The van der Waals surface area contributed by atoms with Crippen LogP contribution in [0.2, 0.25) is 0 Å². The molecule has 0 aliphatic heterocycles. The molecule has 1 saturated carbocycles. The van der Waals surface area contributed by atoms with Gasteiger partial charge in [0.05, 0.1) is 11.0 Å². The molecule has 1 fully saturated rings. The standard InChI is InChI=1S/C16H13F2NO/c17-11-3-6-14(18)13(9-11)15(20)16(7-8-16)10-1-4-12(19)5-2-10/h1-6,9H,7-8,19H2. The maximum Gasteiger partial charge on any atom is 0.176 e. The van der Waals surface area contributed by atoms with Crippen molar-refractivity contribution < 1.29 is 13.6 Å². The van der Waals surface area contributed by atoms with Gasteiger partial charge in [-0.05, 0) is 48.7 Å². The van der Waals surface area contributed by atoms with Crippen molar-refractivity contribution in [3.63, 3.8) is 0 Å². The summed E-state index contributed by atoms with van der Waals surface area (Å²) in [5, 5.41) is 0. The zero-order valence-corrected chi connectivity index (χ0v) is 10.7. The van der Waals surface area contributed by atoms with E-state index in [4.69, 9.17) is 5.73 Å². The number of anilines is 1. The molecule has 20 heavy (non-hydrogen) atoms. The highest BCUT2D eigenvalue weighted by Crippen LogP contribution is 2.50. The molecule has 0 radical (unpaired) electrons. The molecule has 0 amide bonds. The topological polar surface area (TPSA) is 43.1 Å². The average molecular weight is 273 g/mol. The first kappa shape index (κ1) is 12.8. The molecule has 0 aromatic heterocycles. The highest BCUT2D eigenvalue weighted by molar-refractivity contribution is 6.06. The van der Waals surface area contributed by atoms with E-state index in [2.05, 4.69) is 0 Å². The largest absolute Gasteiger partial charge is 0.399 e. The maximum absolute atomic E-state index is 13.8. The maximum atomic E-state index is 13.8. The number of hydrogen-bond acceptors (Lipinski definition) is 2. The van der Waals surface area contributed by atoms with Gasteiger partial charge in [-0.1, -0.05) is 12.1 Å². The fourth-order valence-corrected chi connectivity index (χ4v) is 2.50. The van der Waals surface area contributed by atoms with E-state index in [1.54, 1.807) is 24.3 Å². The summed E-state index contributed by atoms with van der Waals surface area (Å²) in [6.07, 6.45) is 1.29. The Hall–Kier alpha value is -2.23. The molecule has 0 bridgehead atoms. The van der Waals surface area contributed by atoms with E-state index in [1.165, 1.54) is 0 Å². The molecular formula is C16H13F2NO. The molecule has 1 aliphatic carbocycles. The van der Waals surface area contributed by atoms with Crippen molar-refractivity contribution in [3.8, 4) is 0 Å². The van der Waals surface area contributed by atoms with Gasteiger partial charge in [0.25, 0.3) is 0 Å². The Morgan fingerprint density at radius 2 is 1.70 bits per heavy atom. The predicted octanol–water partition coefficient (Wildman–Crippen LogP) is 3.46. The van der Waals surface area contributed by atoms with Crippen LogP contribution in [0.5, 0.6) is 0 Å². The number of ketones is 1. The van der Waals surface area contributed by atoms with E-state index in [9.17, 15) is 13.6 Å². The molecule has 2 N–H and O–H groups in total. The first-order valence-corrected chi connectivity index (χ1v) is 6.39. The lowest BCUT2D eigenvalue weighted by molar-refractivity contribution is 0.0941. The van der Waals surface area contributed by atoms with Crippen molar-refractivity contribution in [3.05, 3.63) is 65.2 Å². The highest BCUT2D eigenvalue weighted by Gasteiger charge is 2.51. The second-order valence-electron chi connectivity index (χ2n) is 5.16. The summed E-state index contributed by atoms with van der Waals surface area (Å²) in [4.78, 5) is 12.5. The van der Waals surface area contributed by atoms with Crippen molar-refractivity contribution >= 4 is 11.5 Å². The summed E-state index contributed by atoms with van der Waals surface area (Å²) >= 11 is 0. The van der Waals surface area contributed by atoms with Gasteiger partial charge in [0.15, 0.2) is 5.78 Å². The average Bonchev–Trinajstić information content (AvgIpc) is 3.23. The van der Waals surface area contributed by atoms with Crippen LogP contribution in [0.1, 0.15) is 28.8 Å². The number of benzene rings is 2. The number of nitrogens with two attached hydrogens (primary N) is 1. The van der Waals surface area contributed by atoms with Crippen molar-refractivity contribution in [2.75, 3.05) is 5.73 Å². The van der Waals surface area contributed by atoms with Gasteiger partial charge in [0.1, 0.15) is 11.6 Å². The van der Waals surface area contributed by atoms with Crippen LogP contribution in [0, 0.1) is 11.6 Å². The summed E-state index contributed by atoms with van der Waals surface area (Å²) in [5.41, 5.74) is 6.14. The van der Waals surface area contributed by atoms with Crippen LogP contribution in [0.15, 0.2) is 42.5 Å². The molecule has 3 rings (SSSR count). The molecule has 2 nitrogen and oxygen atoms in total. The second-order valence-corrected chi connectivity index (χ2v) is 5.16. The zero-order chi connectivity index (χ0) is 14.3. The molecule has 0 heterocycles. The monoisotopic (exact) mass is 273 g/mol. The fourth-order valence-electron chi connectivity index (χ4n) is 2.50. The van der Waals surface area contributed by atoms with Gasteiger partial charge in [-0.2, -0.15) is 0 Å². The number of carbonyl (C=O) groups is 1. The summed E-state index contributed by atoms with van der Waals surface area (Å²) in [5.74, 6) is -1.65. The van der Waals surface area contributed by atoms with E-state index >= 15 is 0 Å². The molecule has 2 aromatic rings. The Bertz CT molecular complexity index is 675.